The molecule has 0 aromatic heterocycles. The summed E-state index contributed by atoms with van der Waals surface area (Å²) in [7, 11) is 0. The van der Waals surface area contributed by atoms with Crippen LogP contribution in [0.5, 0.6) is 0 Å². The summed E-state index contributed by atoms with van der Waals surface area (Å²) in [6.45, 7) is 0. The third kappa shape index (κ3) is 2.33. The van der Waals surface area contributed by atoms with Crippen LogP contribution in [0, 0.1) is 23.6 Å². The van der Waals surface area contributed by atoms with Gasteiger partial charge < -0.3 is 16.3 Å². The number of benzene rings is 1. The van der Waals surface area contributed by atoms with Crippen LogP contribution in [0.4, 0.5) is 10.1 Å². The highest BCUT2D eigenvalue weighted by Gasteiger charge is 2.47. The number of nitrogens with one attached hydrogen (secondary N) is 1. The molecule has 20 heavy (non-hydrogen) atoms. The van der Waals surface area contributed by atoms with E-state index in [4.69, 9.17) is 10.9 Å². The number of carbonyl (C=O) groups excluding carboxylic acids is 1. The van der Waals surface area contributed by atoms with Crippen molar-refractivity contribution < 1.29 is 14.4 Å². The van der Waals surface area contributed by atoms with Gasteiger partial charge in [-0.1, -0.05) is 5.16 Å². The van der Waals surface area contributed by atoms with E-state index < -0.39 is 5.82 Å². The number of anilines is 1. The van der Waals surface area contributed by atoms with Crippen molar-refractivity contribution >= 4 is 17.4 Å². The Morgan fingerprint density at radius 1 is 1.35 bits per heavy atom. The number of amides is 1. The van der Waals surface area contributed by atoms with E-state index in [0.717, 1.165) is 24.7 Å². The zero-order valence-corrected chi connectivity index (χ0v) is 10.8. The van der Waals surface area contributed by atoms with Crippen LogP contribution in [0.2, 0.25) is 0 Å². The molecule has 1 aromatic rings. The van der Waals surface area contributed by atoms with Crippen molar-refractivity contribution in [3.8, 4) is 0 Å². The molecular formula is C14H16FN3O2. The minimum atomic E-state index is -0.597. The quantitative estimate of drug-likeness (QED) is 0.341. The van der Waals surface area contributed by atoms with E-state index in [2.05, 4.69) is 10.5 Å². The number of fused-ring (bicyclic) bond motifs is 1. The first kappa shape index (κ1) is 12.9. The molecule has 0 bridgehead atoms. The molecule has 2 aliphatic rings. The third-order valence-electron chi connectivity index (χ3n) is 4.23. The second-order valence-corrected chi connectivity index (χ2v) is 5.59. The standard InChI is InChI=1S/C14H16FN3O2/c15-12-2-1-10(6-11(12)13(16)18-20)17-14(19)9-4-7-3-8(7)5-9/h1-2,6-9,20H,3-5H2,(H2,16,18)(H,17,19). The number of nitrogens with zero attached hydrogens (tertiary/aromatic N) is 1. The van der Waals surface area contributed by atoms with E-state index in [0.29, 0.717) is 5.69 Å². The molecule has 2 saturated carbocycles. The number of halogens is 1. The third-order valence-corrected chi connectivity index (χ3v) is 4.23. The molecular weight excluding hydrogens is 261 g/mol. The lowest BCUT2D eigenvalue weighted by Gasteiger charge is -2.13. The molecule has 1 aromatic carbocycles. The fourth-order valence-corrected chi connectivity index (χ4v) is 3.03. The van der Waals surface area contributed by atoms with Gasteiger partial charge in [-0.05, 0) is 49.3 Å². The number of oxime groups is 1. The Morgan fingerprint density at radius 3 is 2.70 bits per heavy atom. The van der Waals surface area contributed by atoms with Crippen molar-refractivity contribution in [2.24, 2.45) is 28.6 Å². The predicted octanol–water partition coefficient (Wildman–Crippen LogP) is 1.90. The van der Waals surface area contributed by atoms with Gasteiger partial charge in [0.2, 0.25) is 5.91 Å². The number of hydrogen-bond donors (Lipinski definition) is 3. The summed E-state index contributed by atoms with van der Waals surface area (Å²) in [5, 5.41) is 14.1. The number of nitrogens with two attached hydrogens (primary N) is 1. The van der Waals surface area contributed by atoms with E-state index >= 15 is 0 Å². The van der Waals surface area contributed by atoms with Crippen LogP contribution in [0.15, 0.2) is 23.4 Å². The van der Waals surface area contributed by atoms with Crippen LogP contribution in [0.25, 0.3) is 0 Å². The monoisotopic (exact) mass is 277 g/mol. The number of carbonyl (C=O) groups is 1. The Labute approximate surface area is 115 Å². The fraction of sp³-hybridized carbons (Fsp3) is 0.429. The van der Waals surface area contributed by atoms with Gasteiger partial charge in [-0.15, -0.1) is 0 Å². The largest absolute Gasteiger partial charge is 0.409 e. The predicted molar refractivity (Wildman–Crippen MR) is 71.9 cm³/mol. The van der Waals surface area contributed by atoms with Crippen LogP contribution in [-0.2, 0) is 4.79 Å². The summed E-state index contributed by atoms with van der Waals surface area (Å²) >= 11 is 0. The topological polar surface area (TPSA) is 87.7 Å². The van der Waals surface area contributed by atoms with Crippen molar-refractivity contribution in [1.29, 1.82) is 0 Å². The Kier molecular flexibility index (Phi) is 3.08. The Morgan fingerprint density at radius 2 is 2.05 bits per heavy atom. The van der Waals surface area contributed by atoms with Gasteiger partial charge in [-0.25, -0.2) is 4.39 Å². The molecule has 0 saturated heterocycles. The van der Waals surface area contributed by atoms with E-state index in [-0.39, 0.29) is 23.2 Å². The zero-order valence-electron chi connectivity index (χ0n) is 10.8. The molecule has 0 aliphatic heterocycles. The molecule has 4 N–H and O–H groups in total. The summed E-state index contributed by atoms with van der Waals surface area (Å²) in [6, 6.07) is 4.03. The van der Waals surface area contributed by atoms with E-state index in [1.54, 1.807) is 0 Å². The van der Waals surface area contributed by atoms with Gasteiger partial charge in [0.05, 0.1) is 5.56 Å². The fourth-order valence-electron chi connectivity index (χ4n) is 3.03. The highest BCUT2D eigenvalue weighted by atomic mass is 19.1. The molecule has 106 valence electrons. The van der Waals surface area contributed by atoms with Crippen LogP contribution in [0.3, 0.4) is 0 Å². The van der Waals surface area contributed by atoms with Crippen LogP contribution < -0.4 is 11.1 Å². The second kappa shape index (κ2) is 4.77. The molecule has 0 radical (unpaired) electrons. The van der Waals surface area contributed by atoms with Crippen molar-refractivity contribution in [1.82, 2.24) is 0 Å². The minimum Gasteiger partial charge on any atom is -0.409 e. The summed E-state index contributed by atoms with van der Waals surface area (Å²) in [5.41, 5.74) is 5.82. The number of amidine groups is 1. The molecule has 2 atom stereocenters. The highest BCUT2D eigenvalue weighted by molar-refractivity contribution is 5.99. The van der Waals surface area contributed by atoms with Gasteiger partial charge in [0.25, 0.3) is 0 Å². The maximum absolute atomic E-state index is 13.5. The van der Waals surface area contributed by atoms with Crippen molar-refractivity contribution in [2.45, 2.75) is 19.3 Å². The summed E-state index contributed by atoms with van der Waals surface area (Å²) < 4.78 is 13.5. The Balaban J connectivity index is 1.72. The Hall–Kier alpha value is -2.11. The molecule has 6 heteroatoms. The SMILES string of the molecule is N/C(=N/O)c1cc(NC(=O)C2CC3CC3C2)ccc1F. The second-order valence-electron chi connectivity index (χ2n) is 5.59. The van der Waals surface area contributed by atoms with E-state index in [9.17, 15) is 9.18 Å². The Bertz CT molecular complexity index is 578. The molecule has 2 unspecified atom stereocenters. The summed E-state index contributed by atoms with van der Waals surface area (Å²) in [6.07, 6.45) is 3.16. The lowest BCUT2D eigenvalue weighted by molar-refractivity contribution is -0.120. The van der Waals surface area contributed by atoms with Gasteiger partial charge in [0, 0.05) is 11.6 Å². The number of hydrogen-bond acceptors (Lipinski definition) is 3. The molecule has 1 amide bonds. The first-order chi connectivity index (χ1) is 9.58. The van der Waals surface area contributed by atoms with Crippen LogP contribution >= 0.6 is 0 Å². The molecule has 0 heterocycles. The first-order valence-electron chi connectivity index (χ1n) is 6.66. The zero-order chi connectivity index (χ0) is 14.3. The maximum atomic E-state index is 13.5. The van der Waals surface area contributed by atoms with Gasteiger partial charge in [0.1, 0.15) is 5.82 Å². The minimum absolute atomic E-state index is 0.0282. The van der Waals surface area contributed by atoms with Crippen molar-refractivity contribution in [3.63, 3.8) is 0 Å². The van der Waals surface area contributed by atoms with E-state index in [1.807, 2.05) is 0 Å². The van der Waals surface area contributed by atoms with E-state index in [1.165, 1.54) is 24.6 Å². The normalized spacial score (nSPS) is 28.1. The van der Waals surface area contributed by atoms with Gasteiger partial charge in [0.15, 0.2) is 5.84 Å². The summed E-state index contributed by atoms with van der Waals surface area (Å²) in [4.78, 5) is 12.1. The summed E-state index contributed by atoms with van der Waals surface area (Å²) in [5.74, 6) is 0.560. The molecule has 2 aliphatic carbocycles. The first-order valence-corrected chi connectivity index (χ1v) is 6.66. The highest BCUT2D eigenvalue weighted by Crippen LogP contribution is 2.54. The average Bonchev–Trinajstić information content (AvgIpc) is 3.06. The molecule has 3 rings (SSSR count). The van der Waals surface area contributed by atoms with Crippen LogP contribution in [0.1, 0.15) is 24.8 Å². The lowest BCUT2D eigenvalue weighted by Crippen LogP contribution is -2.22. The number of rotatable bonds is 3. The van der Waals surface area contributed by atoms with Crippen molar-refractivity contribution in [3.05, 3.63) is 29.6 Å². The smallest absolute Gasteiger partial charge is 0.227 e. The molecule has 2 fully saturated rings. The molecule has 0 spiro atoms. The van der Waals surface area contributed by atoms with Crippen LogP contribution in [-0.4, -0.2) is 17.0 Å². The van der Waals surface area contributed by atoms with Gasteiger partial charge >= 0.3 is 0 Å². The van der Waals surface area contributed by atoms with Crippen molar-refractivity contribution in [2.75, 3.05) is 5.32 Å². The lowest BCUT2D eigenvalue weighted by atomic mass is 10.0. The molecule has 5 nitrogen and oxygen atoms in total. The average molecular weight is 277 g/mol. The maximum Gasteiger partial charge on any atom is 0.227 e. The van der Waals surface area contributed by atoms with Gasteiger partial charge in [-0.2, -0.15) is 0 Å². The van der Waals surface area contributed by atoms with Gasteiger partial charge in [-0.3, -0.25) is 4.79 Å².